The van der Waals surface area contributed by atoms with E-state index in [-0.39, 0.29) is 5.38 Å². The molecule has 0 bridgehead atoms. The first-order chi connectivity index (χ1) is 9.02. The molecule has 0 amide bonds. The number of hydrogen-bond acceptors (Lipinski definition) is 2. The number of aromatic nitrogens is 2. The van der Waals surface area contributed by atoms with Crippen LogP contribution >= 0.6 is 11.6 Å². The van der Waals surface area contributed by atoms with E-state index in [1.54, 1.807) is 6.07 Å². The summed E-state index contributed by atoms with van der Waals surface area (Å²) in [6.07, 6.45) is 2.14. The molecule has 102 valence electrons. The average molecular weight is 281 g/mol. The van der Waals surface area contributed by atoms with Crippen LogP contribution in [0.15, 0.2) is 27.8 Å². The zero-order valence-corrected chi connectivity index (χ0v) is 11.8. The molecular weight excluding hydrogens is 264 g/mol. The first-order valence-electron chi connectivity index (χ1n) is 6.43. The van der Waals surface area contributed by atoms with Gasteiger partial charge in [-0.05, 0) is 30.0 Å². The summed E-state index contributed by atoms with van der Waals surface area (Å²) in [4.78, 5) is 27.6. The zero-order chi connectivity index (χ0) is 14.0. The van der Waals surface area contributed by atoms with Crippen molar-refractivity contribution in [3.8, 4) is 0 Å². The molecule has 4 nitrogen and oxygen atoms in total. The van der Waals surface area contributed by atoms with Crippen LogP contribution in [0.1, 0.15) is 37.6 Å². The molecule has 2 rings (SSSR count). The Kier molecular flexibility index (Phi) is 4.10. The Morgan fingerprint density at radius 3 is 2.42 bits per heavy atom. The maximum Gasteiger partial charge on any atom is 0.314 e. The van der Waals surface area contributed by atoms with Gasteiger partial charge in [-0.3, -0.25) is 9.59 Å². The lowest BCUT2D eigenvalue weighted by molar-refractivity contribution is 0.508. The van der Waals surface area contributed by atoms with E-state index in [1.165, 1.54) is 0 Å². The molecule has 2 N–H and O–H groups in total. The minimum Gasteiger partial charge on any atom is -0.316 e. The fourth-order valence-electron chi connectivity index (χ4n) is 2.23. The van der Waals surface area contributed by atoms with Gasteiger partial charge in [-0.15, -0.1) is 11.6 Å². The number of nitrogens with one attached hydrogen (secondary N) is 2. The largest absolute Gasteiger partial charge is 0.316 e. The van der Waals surface area contributed by atoms with Crippen molar-refractivity contribution in [2.75, 3.05) is 0 Å². The summed E-state index contributed by atoms with van der Waals surface area (Å²) in [6, 6.07) is 5.49. The number of fused-ring (bicyclic) bond motifs is 1. The van der Waals surface area contributed by atoms with Crippen molar-refractivity contribution in [3.63, 3.8) is 0 Å². The van der Waals surface area contributed by atoms with Crippen molar-refractivity contribution >= 4 is 22.6 Å². The van der Waals surface area contributed by atoms with Crippen molar-refractivity contribution in [2.45, 2.75) is 32.1 Å². The Bertz CT molecular complexity index is 690. The van der Waals surface area contributed by atoms with Crippen molar-refractivity contribution in [3.05, 3.63) is 44.5 Å². The van der Waals surface area contributed by atoms with Gasteiger partial charge < -0.3 is 9.97 Å². The van der Waals surface area contributed by atoms with Crippen LogP contribution in [0.3, 0.4) is 0 Å². The minimum absolute atomic E-state index is 0.0974. The lowest BCUT2D eigenvalue weighted by Gasteiger charge is -2.17. The van der Waals surface area contributed by atoms with E-state index < -0.39 is 11.1 Å². The number of benzene rings is 1. The second kappa shape index (κ2) is 5.61. The van der Waals surface area contributed by atoms with Gasteiger partial charge in [-0.25, -0.2) is 0 Å². The number of aromatic amines is 2. The zero-order valence-electron chi connectivity index (χ0n) is 11.0. The Labute approximate surface area is 115 Å². The third kappa shape index (κ3) is 2.89. The van der Waals surface area contributed by atoms with Gasteiger partial charge in [0.15, 0.2) is 0 Å². The molecule has 0 saturated heterocycles. The first-order valence-corrected chi connectivity index (χ1v) is 6.87. The van der Waals surface area contributed by atoms with E-state index in [4.69, 9.17) is 11.6 Å². The van der Waals surface area contributed by atoms with Crippen LogP contribution in [0.4, 0.5) is 0 Å². The Morgan fingerprint density at radius 1 is 1.16 bits per heavy atom. The monoisotopic (exact) mass is 280 g/mol. The van der Waals surface area contributed by atoms with Crippen LogP contribution in [-0.4, -0.2) is 9.97 Å². The van der Waals surface area contributed by atoms with E-state index in [0.29, 0.717) is 17.0 Å². The van der Waals surface area contributed by atoms with E-state index >= 15 is 0 Å². The number of rotatable bonds is 4. The standard InChI is InChI=1S/C14H17ClN2O2/c1-3-4-8(2)12(15)9-5-6-10-11(7-9)17-14(19)13(18)16-10/h5-8,12H,3-4H2,1-2H3,(H,16,18)(H,17,19). The fraction of sp³-hybridized carbons (Fsp3) is 0.429. The van der Waals surface area contributed by atoms with Gasteiger partial charge in [0.25, 0.3) is 0 Å². The molecule has 1 aromatic carbocycles. The van der Waals surface area contributed by atoms with Gasteiger partial charge >= 0.3 is 11.1 Å². The Balaban J connectivity index is 2.44. The highest BCUT2D eigenvalue weighted by atomic mass is 35.5. The molecule has 2 unspecified atom stereocenters. The lowest BCUT2D eigenvalue weighted by atomic mass is 9.96. The molecule has 0 aliphatic carbocycles. The highest BCUT2D eigenvalue weighted by molar-refractivity contribution is 6.21. The predicted molar refractivity (Wildman–Crippen MR) is 77.9 cm³/mol. The van der Waals surface area contributed by atoms with Gasteiger partial charge in [0.05, 0.1) is 16.4 Å². The van der Waals surface area contributed by atoms with Crippen molar-refractivity contribution in [1.82, 2.24) is 9.97 Å². The summed E-state index contributed by atoms with van der Waals surface area (Å²) in [5.41, 5.74) is 0.897. The van der Waals surface area contributed by atoms with Gasteiger partial charge in [0.2, 0.25) is 0 Å². The summed E-state index contributed by atoms with van der Waals surface area (Å²) in [5.74, 6) is 0.360. The van der Waals surface area contributed by atoms with E-state index in [2.05, 4.69) is 23.8 Å². The van der Waals surface area contributed by atoms with Crippen LogP contribution in [0, 0.1) is 5.92 Å². The Morgan fingerprint density at radius 2 is 1.79 bits per heavy atom. The smallest absolute Gasteiger partial charge is 0.314 e. The lowest BCUT2D eigenvalue weighted by Crippen LogP contribution is -2.28. The second-order valence-corrected chi connectivity index (χ2v) is 5.35. The summed E-state index contributed by atoms with van der Waals surface area (Å²) in [6.45, 7) is 4.24. The third-order valence-corrected chi connectivity index (χ3v) is 3.99. The van der Waals surface area contributed by atoms with E-state index in [0.717, 1.165) is 18.4 Å². The van der Waals surface area contributed by atoms with Crippen molar-refractivity contribution in [2.24, 2.45) is 5.92 Å². The maximum absolute atomic E-state index is 11.3. The third-order valence-electron chi connectivity index (χ3n) is 3.31. The number of halogens is 1. The highest BCUT2D eigenvalue weighted by Crippen LogP contribution is 2.32. The second-order valence-electron chi connectivity index (χ2n) is 4.88. The van der Waals surface area contributed by atoms with Crippen LogP contribution in [0.25, 0.3) is 11.0 Å². The molecular formula is C14H17ClN2O2. The molecule has 0 fully saturated rings. The van der Waals surface area contributed by atoms with E-state index in [9.17, 15) is 9.59 Å². The molecule has 0 radical (unpaired) electrons. The maximum atomic E-state index is 11.3. The molecule has 0 aliphatic rings. The van der Waals surface area contributed by atoms with Crippen molar-refractivity contribution in [1.29, 1.82) is 0 Å². The molecule has 0 aliphatic heterocycles. The molecule has 1 heterocycles. The number of alkyl halides is 1. The molecule has 0 saturated carbocycles. The van der Waals surface area contributed by atoms with Gasteiger partial charge in [-0.2, -0.15) is 0 Å². The molecule has 5 heteroatoms. The minimum atomic E-state index is -0.641. The van der Waals surface area contributed by atoms with Crippen LogP contribution < -0.4 is 11.1 Å². The molecule has 2 atom stereocenters. The summed E-state index contributed by atoms with van der Waals surface area (Å²) in [7, 11) is 0. The van der Waals surface area contributed by atoms with Crippen molar-refractivity contribution < 1.29 is 0 Å². The van der Waals surface area contributed by atoms with Gasteiger partial charge in [0.1, 0.15) is 0 Å². The molecule has 2 aromatic rings. The predicted octanol–water partition coefficient (Wildman–Crippen LogP) is 2.93. The fourth-order valence-corrected chi connectivity index (χ4v) is 2.50. The number of H-pyrrole nitrogens is 2. The summed E-state index contributed by atoms with van der Waals surface area (Å²) >= 11 is 6.44. The van der Waals surface area contributed by atoms with Crippen LogP contribution in [-0.2, 0) is 0 Å². The summed E-state index contributed by atoms with van der Waals surface area (Å²) in [5, 5.41) is -0.0974. The molecule has 1 aromatic heterocycles. The molecule has 19 heavy (non-hydrogen) atoms. The highest BCUT2D eigenvalue weighted by Gasteiger charge is 2.16. The SMILES string of the molecule is CCCC(C)C(Cl)c1ccc2[nH]c(=O)c(=O)[nH]c2c1. The Hall–Kier alpha value is -1.55. The quantitative estimate of drug-likeness (QED) is 0.668. The normalized spacial score (nSPS) is 14.5. The first kappa shape index (κ1) is 13.9. The number of hydrogen-bond donors (Lipinski definition) is 2. The van der Waals surface area contributed by atoms with Gasteiger partial charge in [0, 0.05) is 0 Å². The molecule has 0 spiro atoms. The summed E-state index contributed by atoms with van der Waals surface area (Å²) < 4.78 is 0. The topological polar surface area (TPSA) is 65.7 Å². The van der Waals surface area contributed by atoms with E-state index in [1.807, 2.05) is 12.1 Å². The van der Waals surface area contributed by atoms with Gasteiger partial charge in [-0.1, -0.05) is 26.3 Å². The van der Waals surface area contributed by atoms with Crippen LogP contribution in [0.2, 0.25) is 0 Å². The average Bonchev–Trinajstić information content (AvgIpc) is 2.39. The van der Waals surface area contributed by atoms with Crippen LogP contribution in [0.5, 0.6) is 0 Å².